The van der Waals surface area contributed by atoms with E-state index in [2.05, 4.69) is 4.74 Å². The molecule has 2 rings (SSSR count). The fourth-order valence-electron chi connectivity index (χ4n) is 2.43. The van der Waals surface area contributed by atoms with Gasteiger partial charge in [0.15, 0.2) is 0 Å². The highest BCUT2D eigenvalue weighted by Crippen LogP contribution is 2.33. The van der Waals surface area contributed by atoms with Gasteiger partial charge in [-0.15, -0.1) is 11.6 Å². The molecule has 0 saturated carbocycles. The molecule has 0 N–H and O–H groups in total. The summed E-state index contributed by atoms with van der Waals surface area (Å²) >= 11 is 6.37. The Morgan fingerprint density at radius 3 is 2.04 bits per heavy atom. The number of carbonyl (C=O) groups excluding carboxylic acids is 1. The zero-order valence-electron chi connectivity index (χ0n) is 13.6. The van der Waals surface area contributed by atoms with Gasteiger partial charge in [0.2, 0.25) is 0 Å². The molecule has 2 aromatic rings. The van der Waals surface area contributed by atoms with Crippen LogP contribution in [0.15, 0.2) is 48.5 Å². The summed E-state index contributed by atoms with van der Waals surface area (Å²) in [4.78, 5) is 11.1. The van der Waals surface area contributed by atoms with Crippen LogP contribution >= 0.6 is 11.6 Å². The third-order valence-corrected chi connectivity index (χ3v) is 4.38. The minimum atomic E-state index is -4.35. The van der Waals surface area contributed by atoms with Crippen molar-refractivity contribution >= 4 is 17.6 Å². The van der Waals surface area contributed by atoms with Crippen LogP contribution < -0.4 is 0 Å². The summed E-state index contributed by atoms with van der Waals surface area (Å²) in [7, 11) is 1.36. The van der Waals surface area contributed by atoms with Gasteiger partial charge in [0.1, 0.15) is 0 Å². The summed E-state index contributed by atoms with van der Waals surface area (Å²) in [5.74, 6) is -0.236. The zero-order chi connectivity index (χ0) is 18.4. The Morgan fingerprint density at radius 1 is 1.04 bits per heavy atom. The Hall–Kier alpha value is -2.01. The molecular weight excluding hydrogens is 353 g/mol. The van der Waals surface area contributed by atoms with Gasteiger partial charge in [-0.1, -0.05) is 36.4 Å². The fourth-order valence-corrected chi connectivity index (χ4v) is 2.72. The number of alkyl halides is 4. The Labute approximate surface area is 149 Å². The van der Waals surface area contributed by atoms with Gasteiger partial charge in [-0.3, -0.25) is 4.79 Å². The second-order valence-corrected chi connectivity index (χ2v) is 6.09. The van der Waals surface area contributed by atoms with Crippen LogP contribution in [0.5, 0.6) is 0 Å². The molecule has 0 aliphatic heterocycles. The highest BCUT2D eigenvalue weighted by molar-refractivity contribution is 6.22. The van der Waals surface area contributed by atoms with Gasteiger partial charge in [-0.05, 0) is 41.7 Å². The Morgan fingerprint density at radius 2 is 1.56 bits per heavy atom. The first-order chi connectivity index (χ1) is 11.8. The molecule has 6 heteroatoms. The number of rotatable bonds is 6. The SMILES string of the molecule is COC(=O)CCCc1ccc(C(Cl)c2ccc(C(F)(F)F)cc2)cc1. The predicted molar refractivity (Wildman–Crippen MR) is 90.5 cm³/mol. The van der Waals surface area contributed by atoms with Gasteiger partial charge < -0.3 is 4.74 Å². The van der Waals surface area contributed by atoms with E-state index in [4.69, 9.17) is 11.6 Å². The lowest BCUT2D eigenvalue weighted by atomic mass is 10.00. The molecule has 0 heterocycles. The van der Waals surface area contributed by atoms with Crippen molar-refractivity contribution in [2.24, 2.45) is 0 Å². The molecule has 134 valence electrons. The van der Waals surface area contributed by atoms with Crippen molar-refractivity contribution in [3.05, 3.63) is 70.8 Å². The molecule has 2 nitrogen and oxygen atoms in total. The van der Waals surface area contributed by atoms with E-state index in [9.17, 15) is 18.0 Å². The van der Waals surface area contributed by atoms with E-state index in [0.29, 0.717) is 18.4 Å². The standard InChI is InChI=1S/C19H18ClF3O2/c1-25-17(24)4-2-3-13-5-7-14(8-6-13)18(20)15-9-11-16(12-10-15)19(21,22)23/h5-12,18H,2-4H2,1H3. The van der Waals surface area contributed by atoms with E-state index < -0.39 is 17.1 Å². The van der Waals surface area contributed by atoms with E-state index in [-0.39, 0.29) is 5.97 Å². The Balaban J connectivity index is 2.00. The van der Waals surface area contributed by atoms with Gasteiger partial charge in [-0.2, -0.15) is 13.2 Å². The minimum Gasteiger partial charge on any atom is -0.469 e. The summed E-state index contributed by atoms with van der Waals surface area (Å²) in [5, 5.41) is -0.522. The number of benzene rings is 2. The quantitative estimate of drug-likeness (QED) is 0.493. The second-order valence-electron chi connectivity index (χ2n) is 5.65. The number of aryl methyl sites for hydroxylation is 1. The van der Waals surface area contributed by atoms with Crippen LogP contribution in [-0.4, -0.2) is 13.1 Å². The third kappa shape index (κ3) is 5.49. The highest BCUT2D eigenvalue weighted by atomic mass is 35.5. The summed E-state index contributed by atoms with van der Waals surface area (Å²) in [6.07, 6.45) is -2.56. The maximum absolute atomic E-state index is 12.6. The Kier molecular flexibility index (Phi) is 6.48. The minimum absolute atomic E-state index is 0.236. The van der Waals surface area contributed by atoms with E-state index >= 15 is 0 Å². The number of hydrogen-bond acceptors (Lipinski definition) is 2. The molecule has 0 spiro atoms. The van der Waals surface area contributed by atoms with Gasteiger partial charge in [0, 0.05) is 6.42 Å². The van der Waals surface area contributed by atoms with E-state index in [1.165, 1.54) is 19.2 Å². The van der Waals surface area contributed by atoms with Gasteiger partial charge in [0.25, 0.3) is 0 Å². The first-order valence-electron chi connectivity index (χ1n) is 7.78. The maximum atomic E-state index is 12.6. The molecule has 0 fully saturated rings. The van der Waals surface area contributed by atoms with Gasteiger partial charge in [-0.25, -0.2) is 0 Å². The lowest BCUT2D eigenvalue weighted by molar-refractivity contribution is -0.140. The molecule has 0 amide bonds. The van der Waals surface area contributed by atoms with Crippen LogP contribution in [0.25, 0.3) is 0 Å². The lowest BCUT2D eigenvalue weighted by Crippen LogP contribution is -2.05. The smallest absolute Gasteiger partial charge is 0.416 e. The van der Waals surface area contributed by atoms with Crippen LogP contribution in [-0.2, 0) is 22.1 Å². The van der Waals surface area contributed by atoms with Crippen molar-refractivity contribution in [2.45, 2.75) is 30.8 Å². The highest BCUT2D eigenvalue weighted by Gasteiger charge is 2.30. The van der Waals surface area contributed by atoms with E-state index in [1.807, 2.05) is 24.3 Å². The van der Waals surface area contributed by atoms with Gasteiger partial charge >= 0.3 is 12.1 Å². The Bertz CT molecular complexity index is 694. The molecule has 1 unspecified atom stereocenters. The van der Waals surface area contributed by atoms with Crippen molar-refractivity contribution in [3.63, 3.8) is 0 Å². The number of carbonyl (C=O) groups is 1. The normalized spacial score (nSPS) is 12.7. The molecule has 0 radical (unpaired) electrons. The maximum Gasteiger partial charge on any atom is 0.416 e. The molecular formula is C19H18ClF3O2. The zero-order valence-corrected chi connectivity index (χ0v) is 14.4. The lowest BCUT2D eigenvalue weighted by Gasteiger charge is -2.13. The van der Waals surface area contributed by atoms with E-state index in [1.54, 1.807) is 0 Å². The van der Waals surface area contributed by atoms with E-state index in [0.717, 1.165) is 29.7 Å². The largest absolute Gasteiger partial charge is 0.469 e. The molecule has 0 aliphatic rings. The molecule has 25 heavy (non-hydrogen) atoms. The van der Waals surface area contributed by atoms with Crippen LogP contribution in [0.1, 0.15) is 40.5 Å². The average Bonchev–Trinajstić information content (AvgIpc) is 2.61. The third-order valence-electron chi connectivity index (χ3n) is 3.88. The molecule has 2 aromatic carbocycles. The first kappa shape index (κ1) is 19.3. The summed E-state index contributed by atoms with van der Waals surface area (Å²) in [5.41, 5.74) is 1.77. The van der Waals surface area contributed by atoms with Crippen LogP contribution in [0.2, 0.25) is 0 Å². The number of halogens is 4. The van der Waals surface area contributed by atoms with Crippen LogP contribution in [0, 0.1) is 0 Å². The van der Waals surface area contributed by atoms with Crippen molar-refractivity contribution in [1.82, 2.24) is 0 Å². The monoisotopic (exact) mass is 370 g/mol. The average molecular weight is 371 g/mol. The fraction of sp³-hybridized carbons (Fsp3) is 0.316. The molecule has 0 saturated heterocycles. The second kappa shape index (κ2) is 8.39. The first-order valence-corrected chi connectivity index (χ1v) is 8.22. The molecule has 0 aromatic heterocycles. The molecule has 1 atom stereocenters. The molecule has 0 aliphatic carbocycles. The topological polar surface area (TPSA) is 26.3 Å². The van der Waals surface area contributed by atoms with Crippen molar-refractivity contribution in [2.75, 3.05) is 7.11 Å². The van der Waals surface area contributed by atoms with Gasteiger partial charge in [0.05, 0.1) is 18.1 Å². The molecule has 0 bridgehead atoms. The van der Waals surface area contributed by atoms with Crippen molar-refractivity contribution < 1.29 is 22.7 Å². The summed E-state index contributed by atoms with van der Waals surface area (Å²) in [6, 6.07) is 12.4. The van der Waals surface area contributed by atoms with Crippen LogP contribution in [0.3, 0.4) is 0 Å². The number of ether oxygens (including phenoxy) is 1. The summed E-state index contributed by atoms with van der Waals surface area (Å²) in [6.45, 7) is 0. The number of hydrogen-bond donors (Lipinski definition) is 0. The number of esters is 1. The van der Waals surface area contributed by atoms with Crippen molar-refractivity contribution in [3.8, 4) is 0 Å². The summed E-state index contributed by atoms with van der Waals surface area (Å²) < 4.78 is 42.4. The number of methoxy groups -OCH3 is 1. The predicted octanol–water partition coefficient (Wildman–Crippen LogP) is 5.53. The van der Waals surface area contributed by atoms with Crippen LogP contribution in [0.4, 0.5) is 13.2 Å². The van der Waals surface area contributed by atoms with Crippen molar-refractivity contribution in [1.29, 1.82) is 0 Å².